The van der Waals surface area contributed by atoms with Gasteiger partial charge in [-0.2, -0.15) is 0 Å². The average Bonchev–Trinajstić information content (AvgIpc) is 2.47. The van der Waals surface area contributed by atoms with Gasteiger partial charge < -0.3 is 15.5 Å². The molecule has 0 saturated heterocycles. The largest absolute Gasteiger partial charge is 0.378 e. The first kappa shape index (κ1) is 15.8. The van der Waals surface area contributed by atoms with Gasteiger partial charge in [-0.3, -0.25) is 4.79 Å². The van der Waals surface area contributed by atoms with Gasteiger partial charge in [0.05, 0.1) is 6.54 Å². The van der Waals surface area contributed by atoms with Crippen LogP contribution in [0.4, 0.5) is 21.5 Å². The van der Waals surface area contributed by atoms with Crippen LogP contribution in [-0.4, -0.2) is 26.5 Å². The van der Waals surface area contributed by atoms with Gasteiger partial charge in [0, 0.05) is 31.2 Å². The third-order valence-corrected chi connectivity index (χ3v) is 3.30. The van der Waals surface area contributed by atoms with E-state index in [0.717, 1.165) is 22.6 Å². The van der Waals surface area contributed by atoms with Crippen molar-refractivity contribution < 1.29 is 9.18 Å². The highest BCUT2D eigenvalue weighted by atomic mass is 19.1. The van der Waals surface area contributed by atoms with Gasteiger partial charge in [0.25, 0.3) is 0 Å². The topological polar surface area (TPSA) is 44.4 Å². The summed E-state index contributed by atoms with van der Waals surface area (Å²) in [7, 11) is 3.92. The van der Waals surface area contributed by atoms with Crippen LogP contribution < -0.4 is 15.5 Å². The van der Waals surface area contributed by atoms with Crippen molar-refractivity contribution in [1.29, 1.82) is 0 Å². The molecule has 2 rings (SSSR count). The maximum absolute atomic E-state index is 13.0. The Morgan fingerprint density at radius 1 is 1.14 bits per heavy atom. The third-order valence-electron chi connectivity index (χ3n) is 3.30. The van der Waals surface area contributed by atoms with E-state index in [1.807, 2.05) is 43.3 Å². The van der Waals surface area contributed by atoms with Crippen molar-refractivity contribution in [3.05, 3.63) is 53.8 Å². The second kappa shape index (κ2) is 6.93. The number of amides is 1. The Morgan fingerprint density at radius 2 is 1.82 bits per heavy atom. The molecule has 5 heteroatoms. The van der Waals surface area contributed by atoms with Gasteiger partial charge >= 0.3 is 0 Å². The summed E-state index contributed by atoms with van der Waals surface area (Å²) in [6, 6.07) is 12.0. The van der Waals surface area contributed by atoms with Crippen LogP contribution in [-0.2, 0) is 4.79 Å². The number of hydrogen-bond acceptors (Lipinski definition) is 3. The molecule has 0 spiro atoms. The number of carbonyl (C=O) groups is 1. The molecule has 0 unspecified atom stereocenters. The first-order valence-electron chi connectivity index (χ1n) is 7.03. The van der Waals surface area contributed by atoms with E-state index < -0.39 is 0 Å². The zero-order valence-corrected chi connectivity index (χ0v) is 13.0. The van der Waals surface area contributed by atoms with Crippen LogP contribution >= 0.6 is 0 Å². The molecule has 0 atom stereocenters. The lowest BCUT2D eigenvalue weighted by molar-refractivity contribution is -0.114. The minimum Gasteiger partial charge on any atom is -0.378 e. The van der Waals surface area contributed by atoms with Gasteiger partial charge in [0.2, 0.25) is 5.91 Å². The number of benzene rings is 2. The van der Waals surface area contributed by atoms with Gasteiger partial charge in [0.15, 0.2) is 0 Å². The van der Waals surface area contributed by atoms with E-state index >= 15 is 0 Å². The summed E-state index contributed by atoms with van der Waals surface area (Å²) < 4.78 is 13.0. The fourth-order valence-corrected chi connectivity index (χ4v) is 2.05. The molecule has 2 aromatic rings. The second-order valence-corrected chi connectivity index (χ2v) is 5.30. The van der Waals surface area contributed by atoms with Crippen molar-refractivity contribution in [1.82, 2.24) is 0 Å². The number of anilines is 3. The molecule has 0 bridgehead atoms. The minimum absolute atomic E-state index is 0.127. The SMILES string of the molecule is Cc1cc(F)ccc1NCC(=O)Nc1ccc(N(C)C)cc1. The molecule has 0 aliphatic heterocycles. The molecule has 0 fully saturated rings. The van der Waals surface area contributed by atoms with Gasteiger partial charge in [0.1, 0.15) is 5.82 Å². The quantitative estimate of drug-likeness (QED) is 0.891. The van der Waals surface area contributed by atoms with Crippen LogP contribution in [0, 0.1) is 12.7 Å². The van der Waals surface area contributed by atoms with E-state index in [2.05, 4.69) is 10.6 Å². The summed E-state index contributed by atoms with van der Waals surface area (Å²) in [6.45, 7) is 1.92. The Bertz CT molecular complexity index is 653. The molecule has 0 aliphatic rings. The van der Waals surface area contributed by atoms with Gasteiger partial charge in [-0.1, -0.05) is 0 Å². The Labute approximate surface area is 129 Å². The molecule has 0 aliphatic carbocycles. The summed E-state index contributed by atoms with van der Waals surface area (Å²) >= 11 is 0. The van der Waals surface area contributed by atoms with Gasteiger partial charge in [-0.05, 0) is 55.0 Å². The number of nitrogens with zero attached hydrogens (tertiary/aromatic N) is 1. The van der Waals surface area contributed by atoms with Gasteiger partial charge in [-0.15, -0.1) is 0 Å². The van der Waals surface area contributed by atoms with E-state index in [-0.39, 0.29) is 18.3 Å². The van der Waals surface area contributed by atoms with Crippen LogP contribution in [0.3, 0.4) is 0 Å². The molecule has 0 aromatic heterocycles. The lowest BCUT2D eigenvalue weighted by Gasteiger charge is -2.13. The number of hydrogen-bond donors (Lipinski definition) is 2. The highest BCUT2D eigenvalue weighted by Gasteiger charge is 2.05. The van der Waals surface area contributed by atoms with Crippen molar-refractivity contribution in [3.8, 4) is 0 Å². The lowest BCUT2D eigenvalue weighted by atomic mass is 10.2. The van der Waals surface area contributed by atoms with E-state index in [4.69, 9.17) is 0 Å². The van der Waals surface area contributed by atoms with E-state index in [1.54, 1.807) is 13.0 Å². The summed E-state index contributed by atoms with van der Waals surface area (Å²) in [6.07, 6.45) is 0. The van der Waals surface area contributed by atoms with E-state index in [1.165, 1.54) is 12.1 Å². The summed E-state index contributed by atoms with van der Waals surface area (Å²) in [4.78, 5) is 13.9. The van der Waals surface area contributed by atoms with E-state index in [0.29, 0.717) is 0 Å². The van der Waals surface area contributed by atoms with Crippen LogP contribution in [0.15, 0.2) is 42.5 Å². The Kier molecular flexibility index (Phi) is 4.99. The summed E-state index contributed by atoms with van der Waals surface area (Å²) in [5.74, 6) is -0.435. The third kappa shape index (κ3) is 4.22. The molecule has 2 aromatic carbocycles. The predicted octanol–water partition coefficient (Wildman–Crippen LogP) is 3.25. The van der Waals surface area contributed by atoms with Crippen molar-refractivity contribution in [2.75, 3.05) is 36.2 Å². The second-order valence-electron chi connectivity index (χ2n) is 5.30. The minimum atomic E-state index is -0.284. The molecule has 22 heavy (non-hydrogen) atoms. The van der Waals surface area contributed by atoms with Crippen LogP contribution in [0.2, 0.25) is 0 Å². The molecular weight excluding hydrogens is 281 g/mol. The molecule has 1 amide bonds. The highest BCUT2D eigenvalue weighted by molar-refractivity contribution is 5.94. The smallest absolute Gasteiger partial charge is 0.243 e. The van der Waals surface area contributed by atoms with Crippen molar-refractivity contribution in [3.63, 3.8) is 0 Å². The number of carbonyl (C=O) groups excluding carboxylic acids is 1. The predicted molar refractivity (Wildman–Crippen MR) is 89.0 cm³/mol. The number of nitrogens with one attached hydrogen (secondary N) is 2. The molecule has 2 N–H and O–H groups in total. The Morgan fingerprint density at radius 3 is 2.41 bits per heavy atom. The molecule has 4 nitrogen and oxygen atoms in total. The fourth-order valence-electron chi connectivity index (χ4n) is 2.05. The molecule has 0 saturated carbocycles. The zero-order valence-electron chi connectivity index (χ0n) is 13.0. The van der Waals surface area contributed by atoms with Crippen molar-refractivity contribution >= 4 is 23.0 Å². The van der Waals surface area contributed by atoms with Crippen LogP contribution in [0.5, 0.6) is 0 Å². The summed E-state index contributed by atoms with van der Waals surface area (Å²) in [5.41, 5.74) is 3.33. The number of aryl methyl sites for hydroxylation is 1. The summed E-state index contributed by atoms with van der Waals surface area (Å²) in [5, 5.41) is 5.82. The van der Waals surface area contributed by atoms with E-state index in [9.17, 15) is 9.18 Å². The Balaban J connectivity index is 1.90. The maximum Gasteiger partial charge on any atom is 0.243 e. The van der Waals surface area contributed by atoms with Gasteiger partial charge in [-0.25, -0.2) is 4.39 Å². The maximum atomic E-state index is 13.0. The van der Waals surface area contributed by atoms with Crippen LogP contribution in [0.1, 0.15) is 5.56 Å². The fraction of sp³-hybridized carbons (Fsp3) is 0.235. The molecule has 116 valence electrons. The number of halogens is 1. The highest BCUT2D eigenvalue weighted by Crippen LogP contribution is 2.17. The molecule has 0 radical (unpaired) electrons. The first-order valence-corrected chi connectivity index (χ1v) is 7.03. The normalized spacial score (nSPS) is 10.2. The lowest BCUT2D eigenvalue weighted by Crippen LogP contribution is -2.22. The van der Waals surface area contributed by atoms with Crippen molar-refractivity contribution in [2.24, 2.45) is 0 Å². The molecular formula is C17H20FN3O. The monoisotopic (exact) mass is 301 g/mol. The Hall–Kier alpha value is -2.56. The zero-order chi connectivity index (χ0) is 16.1. The first-order chi connectivity index (χ1) is 10.5. The standard InChI is InChI=1S/C17H20FN3O/c1-12-10-13(18)4-9-16(12)19-11-17(22)20-14-5-7-15(8-6-14)21(2)3/h4-10,19H,11H2,1-3H3,(H,20,22). The van der Waals surface area contributed by atoms with Crippen LogP contribution in [0.25, 0.3) is 0 Å². The van der Waals surface area contributed by atoms with Crippen molar-refractivity contribution in [2.45, 2.75) is 6.92 Å². The number of rotatable bonds is 5. The average molecular weight is 301 g/mol. The molecule has 0 heterocycles.